The number of aliphatic hydroxyl groups excluding tert-OH is 1. The van der Waals surface area contributed by atoms with Gasteiger partial charge in [-0.25, -0.2) is 0 Å². The molecule has 0 radical (unpaired) electrons. The maximum Gasteiger partial charge on any atom is 0.277 e. The standard InChI is InChI=1S/C19H18N2O4/c1-25-17-9-5-3-7-14(17)13-6-2-4-8-15(13)20-16-12-18(23)21(10-11-22)19(16)24/h2-9,12,20,22H,10-11H2,1H3. The molecule has 6 nitrogen and oxygen atoms in total. The highest BCUT2D eigenvalue weighted by Crippen LogP contribution is 2.35. The lowest BCUT2D eigenvalue weighted by atomic mass is 10.0. The summed E-state index contributed by atoms with van der Waals surface area (Å²) in [4.78, 5) is 25.2. The summed E-state index contributed by atoms with van der Waals surface area (Å²) in [5, 5.41) is 12.0. The van der Waals surface area contributed by atoms with Crippen LogP contribution in [0.25, 0.3) is 11.1 Å². The highest BCUT2D eigenvalue weighted by Gasteiger charge is 2.31. The van der Waals surface area contributed by atoms with Crippen LogP contribution in [0.1, 0.15) is 0 Å². The zero-order valence-electron chi connectivity index (χ0n) is 13.7. The lowest BCUT2D eigenvalue weighted by Gasteiger charge is -2.16. The molecule has 6 heteroatoms. The predicted molar refractivity (Wildman–Crippen MR) is 93.9 cm³/mol. The summed E-state index contributed by atoms with van der Waals surface area (Å²) in [5.41, 5.74) is 2.59. The second-order valence-corrected chi connectivity index (χ2v) is 5.45. The van der Waals surface area contributed by atoms with Crippen molar-refractivity contribution in [2.24, 2.45) is 0 Å². The lowest BCUT2D eigenvalue weighted by molar-refractivity contribution is -0.137. The fourth-order valence-corrected chi connectivity index (χ4v) is 2.75. The van der Waals surface area contributed by atoms with Gasteiger partial charge < -0.3 is 15.2 Å². The summed E-state index contributed by atoms with van der Waals surface area (Å²) in [6, 6.07) is 15.0. The van der Waals surface area contributed by atoms with Gasteiger partial charge in [0.05, 0.1) is 20.3 Å². The molecule has 3 rings (SSSR count). The minimum Gasteiger partial charge on any atom is -0.496 e. The Labute approximate surface area is 145 Å². The van der Waals surface area contributed by atoms with Gasteiger partial charge in [-0.15, -0.1) is 0 Å². The number of benzene rings is 2. The molecule has 0 saturated heterocycles. The van der Waals surface area contributed by atoms with Crippen molar-refractivity contribution < 1.29 is 19.4 Å². The van der Waals surface area contributed by atoms with Gasteiger partial charge in [0.1, 0.15) is 11.4 Å². The van der Waals surface area contributed by atoms with Crippen molar-refractivity contribution in [2.75, 3.05) is 25.6 Å². The van der Waals surface area contributed by atoms with E-state index < -0.39 is 11.8 Å². The van der Waals surface area contributed by atoms with Gasteiger partial charge in [-0.05, 0) is 12.1 Å². The molecular weight excluding hydrogens is 320 g/mol. The number of carbonyl (C=O) groups is 2. The number of hydrogen-bond donors (Lipinski definition) is 2. The van der Waals surface area contributed by atoms with Gasteiger partial charge in [-0.3, -0.25) is 14.5 Å². The first-order valence-corrected chi connectivity index (χ1v) is 7.83. The highest BCUT2D eigenvalue weighted by molar-refractivity contribution is 6.17. The molecule has 0 fully saturated rings. The number of rotatable bonds is 6. The fraction of sp³-hybridized carbons (Fsp3) is 0.158. The Balaban J connectivity index is 1.94. The van der Waals surface area contributed by atoms with Crippen LogP contribution in [-0.4, -0.2) is 42.1 Å². The normalized spacial score (nSPS) is 13.8. The van der Waals surface area contributed by atoms with Gasteiger partial charge in [-0.2, -0.15) is 0 Å². The molecule has 2 aromatic carbocycles. The molecule has 0 spiro atoms. The Bertz CT molecular complexity index is 845. The molecule has 1 aliphatic rings. The average Bonchev–Trinajstić information content (AvgIpc) is 2.90. The van der Waals surface area contributed by atoms with E-state index in [2.05, 4.69) is 5.32 Å². The van der Waals surface area contributed by atoms with E-state index in [1.807, 2.05) is 48.5 Å². The van der Waals surface area contributed by atoms with Gasteiger partial charge >= 0.3 is 0 Å². The number of carbonyl (C=O) groups excluding carboxylic acids is 2. The van der Waals surface area contributed by atoms with Crippen LogP contribution in [-0.2, 0) is 9.59 Å². The number of ether oxygens (including phenoxy) is 1. The van der Waals surface area contributed by atoms with Gasteiger partial charge in [0.2, 0.25) is 0 Å². The second-order valence-electron chi connectivity index (χ2n) is 5.45. The first-order valence-electron chi connectivity index (χ1n) is 7.83. The fourth-order valence-electron chi connectivity index (χ4n) is 2.75. The van der Waals surface area contributed by atoms with E-state index in [1.54, 1.807) is 7.11 Å². The Morgan fingerprint density at radius 1 is 1.04 bits per heavy atom. The smallest absolute Gasteiger partial charge is 0.277 e. The minimum atomic E-state index is -0.450. The second kappa shape index (κ2) is 7.19. The quantitative estimate of drug-likeness (QED) is 0.788. The molecule has 128 valence electrons. The minimum absolute atomic E-state index is 0.0203. The van der Waals surface area contributed by atoms with Gasteiger partial charge in [0.15, 0.2) is 0 Å². The molecule has 0 bridgehead atoms. The van der Waals surface area contributed by atoms with Crippen molar-refractivity contribution in [3.05, 3.63) is 60.3 Å². The van der Waals surface area contributed by atoms with Gasteiger partial charge in [0, 0.05) is 22.9 Å². The average molecular weight is 338 g/mol. The van der Waals surface area contributed by atoms with Crippen molar-refractivity contribution >= 4 is 17.5 Å². The van der Waals surface area contributed by atoms with Crippen molar-refractivity contribution in [2.45, 2.75) is 0 Å². The van der Waals surface area contributed by atoms with E-state index in [0.29, 0.717) is 11.4 Å². The highest BCUT2D eigenvalue weighted by atomic mass is 16.5. The van der Waals surface area contributed by atoms with Crippen molar-refractivity contribution in [3.8, 4) is 16.9 Å². The van der Waals surface area contributed by atoms with Gasteiger partial charge in [-0.1, -0.05) is 36.4 Å². The van der Waals surface area contributed by atoms with Crippen LogP contribution < -0.4 is 10.1 Å². The maximum atomic E-state index is 12.3. The third-order valence-corrected chi connectivity index (χ3v) is 3.93. The Hall–Kier alpha value is -3.12. The molecule has 0 atom stereocenters. The van der Waals surface area contributed by atoms with Crippen LogP contribution in [0.4, 0.5) is 5.69 Å². The van der Waals surface area contributed by atoms with Crippen LogP contribution in [0.5, 0.6) is 5.75 Å². The number of anilines is 1. The third kappa shape index (κ3) is 3.25. The molecule has 1 heterocycles. The summed E-state index contributed by atoms with van der Waals surface area (Å²) in [6.45, 7) is -0.288. The summed E-state index contributed by atoms with van der Waals surface area (Å²) in [7, 11) is 1.60. The number of imide groups is 1. The lowest BCUT2D eigenvalue weighted by Crippen LogP contribution is -2.34. The number of hydrogen-bond acceptors (Lipinski definition) is 5. The molecule has 2 N–H and O–H groups in total. The molecule has 2 aromatic rings. The van der Waals surface area contributed by atoms with Crippen molar-refractivity contribution in [3.63, 3.8) is 0 Å². The first kappa shape index (κ1) is 16.7. The number of nitrogens with zero attached hydrogens (tertiary/aromatic N) is 1. The molecular formula is C19H18N2O4. The number of amides is 2. The van der Waals surface area contributed by atoms with Crippen LogP contribution in [0.3, 0.4) is 0 Å². The van der Waals surface area contributed by atoms with Crippen molar-refractivity contribution in [1.82, 2.24) is 4.90 Å². The number of β-amino-alcohol motifs (C(OH)–C–C–N with tert-alkyl or cyclic N) is 1. The summed E-state index contributed by atoms with van der Waals surface area (Å²) in [6.07, 6.45) is 1.25. The van der Waals surface area contributed by atoms with E-state index >= 15 is 0 Å². The monoisotopic (exact) mass is 338 g/mol. The van der Waals surface area contributed by atoms with E-state index in [4.69, 9.17) is 9.84 Å². The predicted octanol–water partition coefficient (Wildman–Crippen LogP) is 2.02. The summed E-state index contributed by atoms with van der Waals surface area (Å²) < 4.78 is 5.41. The number of aliphatic hydroxyl groups is 1. The van der Waals surface area contributed by atoms with Crippen LogP contribution >= 0.6 is 0 Å². The Kier molecular flexibility index (Phi) is 4.81. The summed E-state index contributed by atoms with van der Waals surface area (Å²) in [5.74, 6) is -0.174. The number of nitrogens with one attached hydrogen (secondary N) is 1. The molecule has 2 amide bonds. The molecule has 0 aliphatic carbocycles. The SMILES string of the molecule is COc1ccccc1-c1ccccc1NC1=CC(=O)N(CCO)C1=O. The zero-order valence-corrected chi connectivity index (χ0v) is 13.7. The largest absolute Gasteiger partial charge is 0.496 e. The Morgan fingerprint density at radius 2 is 1.72 bits per heavy atom. The number of para-hydroxylation sites is 2. The molecule has 0 aromatic heterocycles. The number of methoxy groups -OCH3 is 1. The van der Waals surface area contributed by atoms with E-state index in [0.717, 1.165) is 16.0 Å². The molecule has 0 unspecified atom stereocenters. The Morgan fingerprint density at radius 3 is 2.44 bits per heavy atom. The first-order chi connectivity index (χ1) is 12.2. The van der Waals surface area contributed by atoms with E-state index in [-0.39, 0.29) is 18.8 Å². The zero-order chi connectivity index (χ0) is 17.8. The molecule has 1 aliphatic heterocycles. The molecule has 25 heavy (non-hydrogen) atoms. The van der Waals surface area contributed by atoms with E-state index in [9.17, 15) is 9.59 Å². The van der Waals surface area contributed by atoms with Crippen LogP contribution in [0.15, 0.2) is 60.3 Å². The van der Waals surface area contributed by atoms with E-state index in [1.165, 1.54) is 6.08 Å². The topological polar surface area (TPSA) is 78.9 Å². The van der Waals surface area contributed by atoms with Gasteiger partial charge in [0.25, 0.3) is 11.8 Å². The summed E-state index contributed by atoms with van der Waals surface area (Å²) >= 11 is 0. The molecule has 0 saturated carbocycles. The van der Waals surface area contributed by atoms with Crippen LogP contribution in [0.2, 0.25) is 0 Å². The van der Waals surface area contributed by atoms with Crippen molar-refractivity contribution in [1.29, 1.82) is 0 Å². The third-order valence-electron chi connectivity index (χ3n) is 3.93. The van der Waals surface area contributed by atoms with Crippen LogP contribution in [0, 0.1) is 0 Å². The maximum absolute atomic E-state index is 12.3.